The molecule has 0 saturated carbocycles. The van der Waals surface area contributed by atoms with E-state index in [1.807, 2.05) is 23.6 Å². The van der Waals surface area contributed by atoms with Gasteiger partial charge in [-0.2, -0.15) is 0 Å². The normalized spacial score (nSPS) is 20.1. The van der Waals surface area contributed by atoms with Crippen molar-refractivity contribution >= 4 is 17.5 Å². The third kappa shape index (κ3) is 4.47. The van der Waals surface area contributed by atoms with Crippen molar-refractivity contribution in [2.45, 2.75) is 32.5 Å². The van der Waals surface area contributed by atoms with E-state index in [1.165, 1.54) is 18.2 Å². The highest BCUT2D eigenvalue weighted by atomic mass is 35.5. The predicted octanol–water partition coefficient (Wildman–Crippen LogP) is 3.83. The lowest BCUT2D eigenvalue weighted by atomic mass is 10.0. The Morgan fingerprint density at radius 1 is 1.25 bits per heavy atom. The van der Waals surface area contributed by atoms with Crippen LogP contribution in [0.3, 0.4) is 0 Å². The summed E-state index contributed by atoms with van der Waals surface area (Å²) in [6, 6.07) is 10.7. The monoisotopic (exact) mass is 404 g/mol. The van der Waals surface area contributed by atoms with Gasteiger partial charge < -0.3 is 14.7 Å². The molecule has 0 bridgehead atoms. The fourth-order valence-electron chi connectivity index (χ4n) is 3.35. The lowest BCUT2D eigenvalue weighted by molar-refractivity contribution is 0.0277. The molecular formula is C21H22ClFN2O3. The highest BCUT2D eigenvalue weighted by Gasteiger charge is 2.34. The van der Waals surface area contributed by atoms with Crippen molar-refractivity contribution < 1.29 is 19.0 Å². The van der Waals surface area contributed by atoms with Crippen LogP contribution >= 0.6 is 11.6 Å². The molecule has 148 valence electrons. The highest BCUT2D eigenvalue weighted by molar-refractivity contribution is 6.30. The van der Waals surface area contributed by atoms with Gasteiger partial charge in [0.15, 0.2) is 11.5 Å². The van der Waals surface area contributed by atoms with Gasteiger partial charge in [-0.25, -0.2) is 9.18 Å². The largest absolute Gasteiger partial charge is 0.504 e. The molecule has 1 aliphatic heterocycles. The number of rotatable bonds is 5. The van der Waals surface area contributed by atoms with Gasteiger partial charge in [-0.1, -0.05) is 23.7 Å². The van der Waals surface area contributed by atoms with Crippen LogP contribution in [0.25, 0.3) is 0 Å². The van der Waals surface area contributed by atoms with Crippen molar-refractivity contribution in [3.05, 3.63) is 64.6 Å². The van der Waals surface area contributed by atoms with Crippen LogP contribution in [0.5, 0.6) is 11.5 Å². The number of aromatic hydroxyl groups is 1. The van der Waals surface area contributed by atoms with E-state index in [0.29, 0.717) is 29.6 Å². The maximum absolute atomic E-state index is 13.1. The molecule has 2 atom stereocenters. The molecule has 0 aromatic heterocycles. The molecule has 2 aromatic rings. The first-order valence-electron chi connectivity index (χ1n) is 9.00. The van der Waals surface area contributed by atoms with Gasteiger partial charge in [-0.15, -0.1) is 0 Å². The molecule has 0 unspecified atom stereocenters. The number of hydrogen-bond acceptors (Lipinski definition) is 5. The van der Waals surface area contributed by atoms with Crippen LogP contribution in [0.4, 0.5) is 4.39 Å². The van der Waals surface area contributed by atoms with Crippen LogP contribution in [0, 0.1) is 5.82 Å². The van der Waals surface area contributed by atoms with Gasteiger partial charge in [0.2, 0.25) is 0 Å². The molecule has 1 fully saturated rings. The van der Waals surface area contributed by atoms with E-state index in [0.717, 1.165) is 5.56 Å². The fourth-order valence-corrected chi connectivity index (χ4v) is 3.51. The van der Waals surface area contributed by atoms with E-state index >= 15 is 0 Å². The third-order valence-corrected chi connectivity index (χ3v) is 5.20. The van der Waals surface area contributed by atoms with Crippen molar-refractivity contribution in [2.24, 2.45) is 0 Å². The molecule has 0 radical (unpaired) electrons. The molecule has 2 aromatic carbocycles. The van der Waals surface area contributed by atoms with Gasteiger partial charge in [0.05, 0.1) is 6.04 Å². The van der Waals surface area contributed by atoms with Crippen LogP contribution in [-0.4, -0.2) is 46.2 Å². The van der Waals surface area contributed by atoms with E-state index < -0.39 is 0 Å². The smallest absolute Gasteiger partial charge is 0.163 e. The number of nitrogens with zero attached hydrogens (tertiary/aromatic N) is 2. The summed E-state index contributed by atoms with van der Waals surface area (Å²) in [5.74, 6) is 2.07. The summed E-state index contributed by atoms with van der Waals surface area (Å²) in [7, 11) is 0. The van der Waals surface area contributed by atoms with Gasteiger partial charge in [-0.05, 0) is 43.7 Å². The Balaban J connectivity index is 1.70. The molecule has 1 N–H and O–H groups in total. The Labute approximate surface area is 168 Å². The van der Waals surface area contributed by atoms with Crippen LogP contribution in [0.1, 0.15) is 19.4 Å². The van der Waals surface area contributed by atoms with E-state index in [9.17, 15) is 14.3 Å². The summed E-state index contributed by atoms with van der Waals surface area (Å²) in [5.41, 5.74) is 1.44. The van der Waals surface area contributed by atoms with Crippen molar-refractivity contribution in [3.8, 4) is 11.5 Å². The van der Waals surface area contributed by atoms with Crippen LogP contribution in [0.15, 0.2) is 48.2 Å². The Morgan fingerprint density at radius 2 is 1.96 bits per heavy atom. The molecule has 0 aliphatic carbocycles. The van der Waals surface area contributed by atoms with Gasteiger partial charge in [-0.3, -0.25) is 4.90 Å². The molecule has 0 spiro atoms. The minimum atomic E-state index is -0.288. The first-order chi connectivity index (χ1) is 13.4. The van der Waals surface area contributed by atoms with Crippen LogP contribution < -0.4 is 4.74 Å². The van der Waals surface area contributed by atoms with E-state index in [2.05, 4.69) is 5.94 Å². The molecule has 5 nitrogen and oxygen atoms in total. The fraction of sp³-hybridized carbons (Fsp3) is 0.333. The van der Waals surface area contributed by atoms with Crippen LogP contribution in [0.2, 0.25) is 5.02 Å². The molecule has 28 heavy (non-hydrogen) atoms. The zero-order valence-electron chi connectivity index (χ0n) is 15.7. The predicted molar refractivity (Wildman–Crippen MR) is 105 cm³/mol. The standard InChI is InChI=1S/C21H22ClFN2O3/c1-14-10-24(13-28-21-8-5-17(22)9-20(21)27)15(2)19(12-26)25(14)11-16-3-6-18(23)7-4-16/h3-9,14-15,27H,10-11,13H2,1-2H3/t14-,15+/m1/s1. The van der Waals surface area contributed by atoms with Gasteiger partial charge in [0, 0.05) is 30.2 Å². The van der Waals surface area contributed by atoms with Gasteiger partial charge in [0.1, 0.15) is 24.2 Å². The maximum atomic E-state index is 13.1. The second-order valence-corrected chi connectivity index (χ2v) is 7.36. The second-order valence-electron chi connectivity index (χ2n) is 6.92. The van der Waals surface area contributed by atoms with Crippen LogP contribution in [-0.2, 0) is 11.3 Å². The summed E-state index contributed by atoms with van der Waals surface area (Å²) in [5, 5.41) is 10.4. The molecule has 1 heterocycles. The average molecular weight is 405 g/mol. The molecule has 3 rings (SSSR count). The van der Waals surface area contributed by atoms with E-state index in [1.54, 1.807) is 24.3 Å². The lowest BCUT2D eigenvalue weighted by Gasteiger charge is -2.45. The Morgan fingerprint density at radius 3 is 2.61 bits per heavy atom. The first-order valence-corrected chi connectivity index (χ1v) is 9.38. The second kappa shape index (κ2) is 8.65. The molecule has 1 aliphatic rings. The van der Waals surface area contributed by atoms with Crippen molar-refractivity contribution in [1.29, 1.82) is 0 Å². The van der Waals surface area contributed by atoms with E-state index in [4.69, 9.17) is 16.3 Å². The number of phenolic OH excluding ortho intramolecular Hbond substituents is 1. The summed E-state index contributed by atoms with van der Waals surface area (Å²) >= 11 is 5.84. The molecule has 1 saturated heterocycles. The minimum Gasteiger partial charge on any atom is -0.504 e. The van der Waals surface area contributed by atoms with E-state index in [-0.39, 0.29) is 30.4 Å². The number of phenols is 1. The Hall–Kier alpha value is -2.53. The van der Waals surface area contributed by atoms with Crippen molar-refractivity contribution in [1.82, 2.24) is 9.80 Å². The van der Waals surface area contributed by atoms with Gasteiger partial charge in [0.25, 0.3) is 0 Å². The van der Waals surface area contributed by atoms with Gasteiger partial charge >= 0.3 is 0 Å². The number of benzene rings is 2. The highest BCUT2D eigenvalue weighted by Crippen LogP contribution is 2.30. The Kier molecular flexibility index (Phi) is 6.25. The molecular weight excluding hydrogens is 383 g/mol. The summed E-state index contributed by atoms with van der Waals surface area (Å²) in [6.07, 6.45) is 0. The maximum Gasteiger partial charge on any atom is 0.163 e. The number of carbonyl (C=O) groups excluding carboxylic acids is 1. The quantitative estimate of drug-likeness (QED) is 0.767. The first kappa shape index (κ1) is 20.2. The zero-order chi connectivity index (χ0) is 20.3. The SMILES string of the molecule is C[C@@H]1CN(COc2ccc(Cl)cc2O)[C@@H](C)C(=C=O)N1Cc1ccc(F)cc1. The molecule has 0 amide bonds. The summed E-state index contributed by atoms with van der Waals surface area (Å²) in [6.45, 7) is 5.29. The summed E-state index contributed by atoms with van der Waals surface area (Å²) < 4.78 is 18.9. The zero-order valence-corrected chi connectivity index (χ0v) is 16.5. The number of ether oxygens (including phenoxy) is 1. The number of piperazine rings is 1. The minimum absolute atomic E-state index is 0.0279. The average Bonchev–Trinajstić information content (AvgIpc) is 2.66. The third-order valence-electron chi connectivity index (χ3n) is 4.96. The molecule has 7 heteroatoms. The lowest BCUT2D eigenvalue weighted by Crippen LogP contribution is -2.55. The number of halogens is 2. The topological polar surface area (TPSA) is 53.0 Å². The number of hydrogen-bond donors (Lipinski definition) is 1. The van der Waals surface area contributed by atoms with Crippen molar-refractivity contribution in [2.75, 3.05) is 13.3 Å². The summed E-state index contributed by atoms with van der Waals surface area (Å²) in [4.78, 5) is 15.7. The van der Waals surface area contributed by atoms with Crippen molar-refractivity contribution in [3.63, 3.8) is 0 Å². The Bertz CT molecular complexity index is 884.